The van der Waals surface area contributed by atoms with Crippen LogP contribution < -0.4 is 16.4 Å². The standard InChI is InChI=1S/C24H24N8O/c1-2-15(12-25)16-10-18-19(14-29-23(18)28-13-16)20-11-22(31-24(27)30-20)32(9-8-21(26)33)17-6-4-3-5-7-17/h2-7,10-14,25H,8-9H2,1H3,(H2,26,33)(H,28,29)(H2,27,30,31)/b15-2+,25-12?. The second kappa shape index (κ2) is 9.31. The summed E-state index contributed by atoms with van der Waals surface area (Å²) in [4.78, 5) is 29.9. The van der Waals surface area contributed by atoms with E-state index < -0.39 is 5.91 Å². The molecule has 4 rings (SSSR count). The van der Waals surface area contributed by atoms with Gasteiger partial charge in [0.2, 0.25) is 11.9 Å². The Balaban J connectivity index is 1.82. The van der Waals surface area contributed by atoms with Crippen molar-refractivity contribution in [3.05, 3.63) is 66.5 Å². The Morgan fingerprint density at radius 2 is 2.00 bits per heavy atom. The van der Waals surface area contributed by atoms with Crippen LogP contribution in [0.3, 0.4) is 0 Å². The fraction of sp³-hybridized carbons (Fsp3) is 0.125. The molecule has 1 aromatic carbocycles. The van der Waals surface area contributed by atoms with E-state index in [4.69, 9.17) is 16.9 Å². The summed E-state index contributed by atoms with van der Waals surface area (Å²) in [5.41, 5.74) is 16.1. The first-order chi connectivity index (χ1) is 16.0. The Morgan fingerprint density at radius 1 is 1.21 bits per heavy atom. The summed E-state index contributed by atoms with van der Waals surface area (Å²) < 4.78 is 0. The second-order valence-electron chi connectivity index (χ2n) is 7.38. The first kappa shape index (κ1) is 21.7. The van der Waals surface area contributed by atoms with Crippen molar-refractivity contribution in [1.29, 1.82) is 5.41 Å². The van der Waals surface area contributed by atoms with Gasteiger partial charge < -0.3 is 26.8 Å². The van der Waals surface area contributed by atoms with Crippen LogP contribution in [0.4, 0.5) is 17.5 Å². The summed E-state index contributed by atoms with van der Waals surface area (Å²) in [5.74, 6) is 0.256. The number of fused-ring (bicyclic) bond motifs is 1. The van der Waals surface area contributed by atoms with Gasteiger partial charge >= 0.3 is 0 Å². The van der Waals surface area contributed by atoms with E-state index in [0.717, 1.165) is 27.8 Å². The SMILES string of the molecule is C/C=C(\C=N)c1cnc2[nH]cc(-c3cc(N(CCC(N)=O)c4ccccc4)nc(N)n3)c2c1. The van der Waals surface area contributed by atoms with E-state index in [9.17, 15) is 4.79 Å². The molecule has 0 radical (unpaired) electrons. The second-order valence-corrected chi connectivity index (χ2v) is 7.38. The van der Waals surface area contributed by atoms with E-state index in [1.54, 1.807) is 6.20 Å². The molecule has 0 atom stereocenters. The quantitative estimate of drug-likeness (QED) is 0.307. The average Bonchev–Trinajstić information content (AvgIpc) is 3.24. The highest BCUT2D eigenvalue weighted by Crippen LogP contribution is 2.32. The number of allylic oxidation sites excluding steroid dienone is 2. The molecule has 1 amide bonds. The van der Waals surface area contributed by atoms with Crippen molar-refractivity contribution in [2.75, 3.05) is 17.2 Å². The number of primary amides is 1. The van der Waals surface area contributed by atoms with Crippen LogP contribution in [0.2, 0.25) is 0 Å². The molecule has 33 heavy (non-hydrogen) atoms. The fourth-order valence-electron chi connectivity index (χ4n) is 3.64. The molecule has 0 saturated carbocycles. The lowest BCUT2D eigenvalue weighted by Crippen LogP contribution is -2.25. The minimum Gasteiger partial charge on any atom is -0.370 e. The highest BCUT2D eigenvalue weighted by Gasteiger charge is 2.17. The molecule has 0 aliphatic carbocycles. The minimum absolute atomic E-state index is 0.106. The maximum Gasteiger partial charge on any atom is 0.222 e. The molecule has 3 aromatic heterocycles. The highest BCUT2D eigenvalue weighted by atomic mass is 16.1. The lowest BCUT2D eigenvalue weighted by Gasteiger charge is -2.24. The molecule has 0 fully saturated rings. The molecular weight excluding hydrogens is 416 g/mol. The first-order valence-electron chi connectivity index (χ1n) is 10.4. The zero-order valence-electron chi connectivity index (χ0n) is 18.1. The predicted octanol–water partition coefficient (Wildman–Crippen LogP) is 3.67. The summed E-state index contributed by atoms with van der Waals surface area (Å²) in [5, 5.41) is 8.48. The molecule has 0 spiro atoms. The number of anilines is 3. The Morgan fingerprint density at radius 3 is 2.70 bits per heavy atom. The van der Waals surface area contributed by atoms with Gasteiger partial charge in [-0.15, -0.1) is 0 Å². The number of benzene rings is 1. The maximum atomic E-state index is 11.5. The van der Waals surface area contributed by atoms with Gasteiger partial charge in [-0.3, -0.25) is 4.79 Å². The number of rotatable bonds is 8. The van der Waals surface area contributed by atoms with Crippen molar-refractivity contribution in [3.8, 4) is 11.3 Å². The van der Waals surface area contributed by atoms with Crippen LogP contribution in [0.1, 0.15) is 18.9 Å². The summed E-state index contributed by atoms with van der Waals surface area (Å²) in [7, 11) is 0. The zero-order chi connectivity index (χ0) is 23.4. The van der Waals surface area contributed by atoms with Gasteiger partial charge in [0.05, 0.1) is 5.69 Å². The molecule has 4 aromatic rings. The van der Waals surface area contributed by atoms with Gasteiger partial charge in [0.15, 0.2) is 0 Å². The van der Waals surface area contributed by atoms with Gasteiger partial charge in [-0.25, -0.2) is 9.97 Å². The van der Waals surface area contributed by atoms with Gasteiger partial charge in [-0.2, -0.15) is 4.98 Å². The van der Waals surface area contributed by atoms with Gasteiger partial charge in [-0.1, -0.05) is 24.3 Å². The largest absolute Gasteiger partial charge is 0.370 e. The number of carbonyl (C=O) groups is 1. The highest BCUT2D eigenvalue weighted by molar-refractivity contribution is 6.09. The van der Waals surface area contributed by atoms with Gasteiger partial charge in [0, 0.05) is 59.8 Å². The Hall–Kier alpha value is -4.53. The third-order valence-corrected chi connectivity index (χ3v) is 5.26. The number of H-pyrrole nitrogens is 1. The molecule has 3 heterocycles. The van der Waals surface area contributed by atoms with Crippen LogP contribution in [0.5, 0.6) is 0 Å². The number of nitrogens with one attached hydrogen (secondary N) is 2. The van der Waals surface area contributed by atoms with E-state index in [-0.39, 0.29) is 12.4 Å². The van der Waals surface area contributed by atoms with E-state index in [2.05, 4.69) is 19.9 Å². The number of amides is 1. The molecule has 0 aliphatic rings. The van der Waals surface area contributed by atoms with E-state index in [1.165, 1.54) is 6.21 Å². The van der Waals surface area contributed by atoms with E-state index in [1.807, 2.05) is 66.6 Å². The third-order valence-electron chi connectivity index (χ3n) is 5.26. The smallest absolute Gasteiger partial charge is 0.222 e. The number of para-hydroxylation sites is 1. The predicted molar refractivity (Wildman–Crippen MR) is 131 cm³/mol. The van der Waals surface area contributed by atoms with Crippen LogP contribution in [0, 0.1) is 5.41 Å². The van der Waals surface area contributed by atoms with Crippen LogP contribution in [0.25, 0.3) is 27.9 Å². The number of aromatic amines is 1. The molecule has 0 saturated heterocycles. The van der Waals surface area contributed by atoms with Crippen LogP contribution in [-0.4, -0.2) is 38.6 Å². The Labute approximate surface area is 190 Å². The van der Waals surface area contributed by atoms with Crippen LogP contribution >= 0.6 is 0 Å². The third kappa shape index (κ3) is 4.57. The topological polar surface area (TPSA) is 151 Å². The number of hydrogen-bond donors (Lipinski definition) is 4. The summed E-state index contributed by atoms with van der Waals surface area (Å²) in [6.07, 6.45) is 6.86. The van der Waals surface area contributed by atoms with E-state index in [0.29, 0.717) is 23.7 Å². The van der Waals surface area contributed by atoms with Crippen LogP contribution in [0.15, 0.2) is 60.9 Å². The molecule has 9 nitrogen and oxygen atoms in total. The number of aromatic nitrogens is 4. The zero-order valence-corrected chi connectivity index (χ0v) is 18.1. The van der Waals surface area contributed by atoms with Crippen molar-refractivity contribution >= 4 is 46.2 Å². The number of carbonyl (C=O) groups excluding carboxylic acids is 1. The van der Waals surface area contributed by atoms with Gasteiger partial charge in [0.1, 0.15) is 11.5 Å². The molecule has 0 aliphatic heterocycles. The van der Waals surface area contributed by atoms with Gasteiger partial charge in [-0.05, 0) is 30.7 Å². The van der Waals surface area contributed by atoms with Crippen molar-refractivity contribution in [1.82, 2.24) is 19.9 Å². The average molecular weight is 441 g/mol. The molecule has 0 unspecified atom stereocenters. The lowest BCUT2D eigenvalue weighted by atomic mass is 10.1. The fourth-order valence-corrected chi connectivity index (χ4v) is 3.64. The van der Waals surface area contributed by atoms with Crippen molar-refractivity contribution in [2.45, 2.75) is 13.3 Å². The molecule has 0 bridgehead atoms. The Bertz CT molecular complexity index is 1340. The number of nitrogens with zero attached hydrogens (tertiary/aromatic N) is 4. The maximum absolute atomic E-state index is 11.5. The van der Waals surface area contributed by atoms with Crippen molar-refractivity contribution in [3.63, 3.8) is 0 Å². The van der Waals surface area contributed by atoms with Crippen molar-refractivity contribution in [2.24, 2.45) is 5.73 Å². The lowest BCUT2D eigenvalue weighted by molar-refractivity contribution is -0.117. The molecular formula is C24H24N8O. The molecule has 6 N–H and O–H groups in total. The molecule has 9 heteroatoms. The minimum atomic E-state index is -0.403. The van der Waals surface area contributed by atoms with E-state index >= 15 is 0 Å². The number of pyridine rings is 1. The Kier molecular flexibility index (Phi) is 6.12. The number of hydrogen-bond acceptors (Lipinski definition) is 7. The first-order valence-corrected chi connectivity index (χ1v) is 10.4. The van der Waals surface area contributed by atoms with Crippen molar-refractivity contribution < 1.29 is 4.79 Å². The summed E-state index contributed by atoms with van der Waals surface area (Å²) in [6, 6.07) is 13.4. The van der Waals surface area contributed by atoms with Crippen LogP contribution in [-0.2, 0) is 4.79 Å². The number of nitrogens with two attached hydrogens (primary N) is 2. The number of nitrogen functional groups attached to an aromatic ring is 1. The summed E-state index contributed by atoms with van der Waals surface area (Å²) >= 11 is 0. The molecule has 166 valence electrons. The monoisotopic (exact) mass is 440 g/mol. The normalized spacial score (nSPS) is 11.5. The van der Waals surface area contributed by atoms with Gasteiger partial charge in [0.25, 0.3) is 0 Å². The summed E-state index contributed by atoms with van der Waals surface area (Å²) in [6.45, 7) is 2.23.